The van der Waals surface area contributed by atoms with Gasteiger partial charge in [0, 0.05) is 33.0 Å². The molecule has 0 saturated carbocycles. The first-order valence-electron chi connectivity index (χ1n) is 8.54. The summed E-state index contributed by atoms with van der Waals surface area (Å²) in [6.45, 7) is 1.93. The van der Waals surface area contributed by atoms with Gasteiger partial charge in [-0.15, -0.1) is 0 Å². The molecule has 1 saturated heterocycles. The number of rotatable bonds is 5. The zero-order valence-corrected chi connectivity index (χ0v) is 14.4. The van der Waals surface area contributed by atoms with Gasteiger partial charge in [0.2, 0.25) is 5.91 Å². The lowest BCUT2D eigenvalue weighted by atomic mass is 9.99. The van der Waals surface area contributed by atoms with E-state index in [1.165, 1.54) is 5.56 Å². The van der Waals surface area contributed by atoms with Crippen molar-refractivity contribution in [3.8, 4) is 0 Å². The Labute approximate surface area is 144 Å². The second-order valence-corrected chi connectivity index (χ2v) is 6.76. The van der Waals surface area contributed by atoms with Gasteiger partial charge in [0.1, 0.15) is 6.04 Å². The van der Waals surface area contributed by atoms with Gasteiger partial charge in [-0.1, -0.05) is 30.3 Å². The molecule has 0 unspecified atom stereocenters. The van der Waals surface area contributed by atoms with Crippen LogP contribution in [0.15, 0.2) is 54.9 Å². The molecule has 0 spiro atoms. The largest absolute Gasteiger partial charge is 0.347 e. The Morgan fingerprint density at radius 3 is 2.58 bits per heavy atom. The van der Waals surface area contributed by atoms with Gasteiger partial charge >= 0.3 is 0 Å². The minimum absolute atomic E-state index is 0.158. The quantitative estimate of drug-likeness (QED) is 0.849. The van der Waals surface area contributed by atoms with Gasteiger partial charge in [0.05, 0.1) is 0 Å². The molecule has 3 rings (SSSR count). The second kappa shape index (κ2) is 7.58. The lowest BCUT2D eigenvalue weighted by molar-refractivity contribution is -0.134. The summed E-state index contributed by atoms with van der Waals surface area (Å²) in [4.78, 5) is 20.9. The van der Waals surface area contributed by atoms with Crippen LogP contribution in [0.4, 0.5) is 0 Å². The Hall–Kier alpha value is -2.20. The second-order valence-electron chi connectivity index (χ2n) is 6.76. The van der Waals surface area contributed by atoms with Crippen molar-refractivity contribution in [3.05, 3.63) is 66.0 Å². The number of hydrogen-bond acceptors (Lipinski definition) is 3. The average Bonchev–Trinajstić information content (AvgIpc) is 3.05. The third-order valence-corrected chi connectivity index (χ3v) is 4.75. The van der Waals surface area contributed by atoms with Crippen molar-refractivity contribution in [1.29, 1.82) is 0 Å². The molecule has 1 aromatic carbocycles. The molecule has 24 heavy (non-hydrogen) atoms. The minimum atomic E-state index is -0.177. The molecule has 1 fully saturated rings. The number of pyridine rings is 1. The first kappa shape index (κ1) is 16.7. The van der Waals surface area contributed by atoms with Gasteiger partial charge in [-0.2, -0.15) is 0 Å². The number of benzene rings is 1. The van der Waals surface area contributed by atoms with Crippen LogP contribution in [-0.4, -0.2) is 47.9 Å². The molecule has 2 heterocycles. The van der Waals surface area contributed by atoms with Crippen LogP contribution >= 0.6 is 0 Å². The van der Waals surface area contributed by atoms with Crippen molar-refractivity contribution >= 4 is 5.91 Å². The van der Waals surface area contributed by atoms with E-state index in [1.54, 1.807) is 4.90 Å². The van der Waals surface area contributed by atoms with Crippen molar-refractivity contribution in [2.75, 3.05) is 27.2 Å². The molecule has 1 amide bonds. The predicted molar refractivity (Wildman–Crippen MR) is 95.5 cm³/mol. The van der Waals surface area contributed by atoms with E-state index in [0.29, 0.717) is 5.92 Å². The molecule has 2 atom stereocenters. The molecule has 1 aliphatic heterocycles. The number of carbonyl (C=O) groups is 1. The summed E-state index contributed by atoms with van der Waals surface area (Å²) in [5.74, 6) is 0.749. The first-order valence-corrected chi connectivity index (χ1v) is 8.54. The van der Waals surface area contributed by atoms with Crippen LogP contribution in [0.1, 0.15) is 23.6 Å². The highest BCUT2D eigenvalue weighted by molar-refractivity contribution is 5.82. The van der Waals surface area contributed by atoms with Crippen LogP contribution < -0.4 is 0 Å². The molecule has 0 radical (unpaired) electrons. The number of nitrogens with zero attached hydrogens (tertiary/aromatic N) is 3. The molecule has 126 valence electrons. The highest BCUT2D eigenvalue weighted by Gasteiger charge is 2.34. The Kier molecular flexibility index (Phi) is 5.26. The van der Waals surface area contributed by atoms with E-state index < -0.39 is 0 Å². The Balaban J connectivity index is 1.74. The van der Waals surface area contributed by atoms with Gasteiger partial charge in [0.25, 0.3) is 0 Å². The summed E-state index contributed by atoms with van der Waals surface area (Å²) < 4.78 is 0. The maximum absolute atomic E-state index is 12.8. The summed E-state index contributed by atoms with van der Waals surface area (Å²) in [7, 11) is 3.67. The zero-order chi connectivity index (χ0) is 16.9. The van der Waals surface area contributed by atoms with E-state index in [-0.39, 0.29) is 11.9 Å². The number of aromatic nitrogens is 1. The Morgan fingerprint density at radius 1 is 1.21 bits per heavy atom. The third kappa shape index (κ3) is 3.82. The summed E-state index contributed by atoms with van der Waals surface area (Å²) >= 11 is 0. The van der Waals surface area contributed by atoms with Crippen LogP contribution in [0.3, 0.4) is 0 Å². The van der Waals surface area contributed by atoms with Crippen molar-refractivity contribution in [3.63, 3.8) is 0 Å². The van der Waals surface area contributed by atoms with Gasteiger partial charge in [-0.3, -0.25) is 14.7 Å². The summed E-state index contributed by atoms with van der Waals surface area (Å²) in [5.41, 5.74) is 2.41. The van der Waals surface area contributed by atoms with Crippen LogP contribution in [0.25, 0.3) is 0 Å². The van der Waals surface area contributed by atoms with Crippen LogP contribution in [0.5, 0.6) is 0 Å². The summed E-state index contributed by atoms with van der Waals surface area (Å²) in [5, 5.41) is 0. The van der Waals surface area contributed by atoms with Crippen molar-refractivity contribution in [2.45, 2.75) is 18.9 Å². The molecule has 0 bridgehead atoms. The van der Waals surface area contributed by atoms with Gasteiger partial charge in [-0.25, -0.2) is 0 Å². The normalized spacial score (nSPS) is 19.2. The van der Waals surface area contributed by atoms with Gasteiger partial charge in [0.15, 0.2) is 0 Å². The van der Waals surface area contributed by atoms with E-state index in [4.69, 9.17) is 0 Å². The fourth-order valence-corrected chi connectivity index (χ4v) is 3.51. The molecule has 0 N–H and O–H groups in total. The van der Waals surface area contributed by atoms with E-state index >= 15 is 0 Å². The van der Waals surface area contributed by atoms with Crippen molar-refractivity contribution < 1.29 is 4.79 Å². The van der Waals surface area contributed by atoms with Crippen LogP contribution in [0, 0.1) is 5.92 Å². The fraction of sp³-hybridized carbons (Fsp3) is 0.400. The standard InChI is InChI=1S/C20H25N3O/c1-22(2)20(24)19(18-6-4-3-5-7-18)23-13-10-17(15-23)14-16-8-11-21-12-9-16/h3-9,11-12,17,19H,10,13-15H2,1-2H3/t17-,19-/m0/s1. The predicted octanol–water partition coefficient (Wildman–Crippen LogP) is 2.78. The highest BCUT2D eigenvalue weighted by atomic mass is 16.2. The van der Waals surface area contributed by atoms with Crippen LogP contribution in [0.2, 0.25) is 0 Å². The lowest BCUT2D eigenvalue weighted by Crippen LogP contribution is -2.39. The topological polar surface area (TPSA) is 36.4 Å². The third-order valence-electron chi connectivity index (χ3n) is 4.75. The molecule has 0 aliphatic carbocycles. The fourth-order valence-electron chi connectivity index (χ4n) is 3.51. The molecule has 1 aromatic heterocycles. The lowest BCUT2D eigenvalue weighted by Gasteiger charge is -2.29. The molecule has 4 nitrogen and oxygen atoms in total. The monoisotopic (exact) mass is 323 g/mol. The summed E-state index contributed by atoms with van der Waals surface area (Å²) in [6, 6.07) is 14.1. The molecule has 1 aliphatic rings. The highest BCUT2D eigenvalue weighted by Crippen LogP contribution is 2.30. The zero-order valence-electron chi connectivity index (χ0n) is 14.4. The van der Waals surface area contributed by atoms with E-state index in [9.17, 15) is 4.79 Å². The summed E-state index contributed by atoms with van der Waals surface area (Å²) in [6.07, 6.45) is 5.89. The molecular formula is C20H25N3O. The number of hydrogen-bond donors (Lipinski definition) is 0. The maximum Gasteiger partial charge on any atom is 0.244 e. The number of carbonyl (C=O) groups excluding carboxylic acids is 1. The smallest absolute Gasteiger partial charge is 0.244 e. The molecule has 2 aromatic rings. The van der Waals surface area contributed by atoms with E-state index in [2.05, 4.69) is 34.1 Å². The number of amides is 1. The van der Waals surface area contributed by atoms with E-state index in [0.717, 1.165) is 31.5 Å². The average molecular weight is 323 g/mol. The minimum Gasteiger partial charge on any atom is -0.347 e. The van der Waals surface area contributed by atoms with Crippen LogP contribution in [-0.2, 0) is 11.2 Å². The molecular weight excluding hydrogens is 298 g/mol. The van der Waals surface area contributed by atoms with Gasteiger partial charge in [-0.05, 0) is 48.6 Å². The van der Waals surface area contributed by atoms with E-state index in [1.807, 2.05) is 44.7 Å². The van der Waals surface area contributed by atoms with Crippen molar-refractivity contribution in [1.82, 2.24) is 14.8 Å². The first-order chi connectivity index (χ1) is 11.6. The molecule has 4 heteroatoms. The Morgan fingerprint density at radius 2 is 1.92 bits per heavy atom. The maximum atomic E-state index is 12.8. The Bertz CT molecular complexity index is 657. The van der Waals surface area contributed by atoms with Gasteiger partial charge < -0.3 is 4.90 Å². The number of likely N-dealkylation sites (N-methyl/N-ethyl adjacent to an activating group) is 1. The SMILES string of the molecule is CN(C)C(=O)[C@H](c1ccccc1)N1CC[C@@H](Cc2ccncc2)C1. The van der Waals surface area contributed by atoms with Crippen molar-refractivity contribution in [2.24, 2.45) is 5.92 Å². The number of likely N-dealkylation sites (tertiary alicyclic amines) is 1.